The number of imidazole rings is 1. The molecule has 0 fully saturated rings. The fourth-order valence-electron chi connectivity index (χ4n) is 1.99. The van der Waals surface area contributed by atoms with Crippen molar-refractivity contribution in [3.63, 3.8) is 0 Å². The minimum absolute atomic E-state index is 0. The number of benzene rings is 2. The molecule has 0 aliphatic rings. The molecule has 5 heteroatoms. The molecule has 2 aromatic carbocycles. The molecular weight excluding hydrogens is 467 g/mol. The van der Waals surface area contributed by atoms with Crippen molar-refractivity contribution < 1.29 is 21.1 Å². The van der Waals surface area contributed by atoms with Gasteiger partial charge in [0.05, 0.1) is 0 Å². The van der Waals surface area contributed by atoms with Crippen molar-refractivity contribution in [2.45, 2.75) is 0 Å². The topological polar surface area (TPSA) is 38.1 Å². The van der Waals surface area contributed by atoms with Gasteiger partial charge >= 0.3 is 0 Å². The summed E-state index contributed by atoms with van der Waals surface area (Å²) in [6, 6.07) is 15.8. The van der Waals surface area contributed by atoms with Gasteiger partial charge in [0.1, 0.15) is 12.4 Å². The summed E-state index contributed by atoms with van der Waals surface area (Å²) in [5.41, 5.74) is 1.07. The first-order valence-electron chi connectivity index (χ1n) is 7.01. The van der Waals surface area contributed by atoms with Crippen molar-refractivity contribution in [3.8, 4) is 5.69 Å². The zero-order valence-electron chi connectivity index (χ0n) is 13.5. The minimum Gasteiger partial charge on any atom is -0.695 e. The van der Waals surface area contributed by atoms with Crippen LogP contribution in [0.3, 0.4) is 0 Å². The molecule has 0 unspecified atom stereocenters. The van der Waals surface area contributed by atoms with Crippen LogP contribution in [0.4, 0.5) is 0 Å². The summed E-state index contributed by atoms with van der Waals surface area (Å²) in [5, 5.41) is 9.77. The fourth-order valence-corrected chi connectivity index (χ4v) is 1.99. The van der Waals surface area contributed by atoms with Crippen LogP contribution >= 0.6 is 0 Å². The standard InChI is InChI=1S/C14H12N2.C4H8N2.Pt/c1-15-8-9-16(11-15)14-7-6-12-4-2-3-5-13(12)10-14;1-5-3-4-6-2;/h2-6,8-11H,1H3;3-4H,1-2H3;/q;-2;/b;4-3-;. The number of rotatable bonds is 3. The number of hydrogen-bond donors (Lipinski definition) is 0. The summed E-state index contributed by atoms with van der Waals surface area (Å²) in [4.78, 5) is 0. The summed E-state index contributed by atoms with van der Waals surface area (Å²) in [6.45, 7) is 0. The van der Waals surface area contributed by atoms with Crippen molar-refractivity contribution in [2.75, 3.05) is 14.1 Å². The molecule has 1 aromatic heterocycles. The van der Waals surface area contributed by atoms with Crippen LogP contribution in [0.2, 0.25) is 0 Å². The molecule has 0 atom stereocenters. The normalized spacial score (nSPS) is 9.87. The van der Waals surface area contributed by atoms with Crippen LogP contribution in [0.25, 0.3) is 27.1 Å². The first-order chi connectivity index (χ1) is 10.7. The van der Waals surface area contributed by atoms with Crippen LogP contribution < -0.4 is 0 Å². The monoisotopic (exact) mass is 487 g/mol. The molecule has 0 N–H and O–H groups in total. The van der Waals surface area contributed by atoms with Gasteiger partial charge in [0.25, 0.3) is 0 Å². The number of hydrogen-bond acceptors (Lipinski definition) is 0. The Bertz CT molecular complexity index is 743. The molecule has 0 aliphatic heterocycles. The molecule has 0 saturated carbocycles. The molecule has 0 aliphatic carbocycles. The van der Waals surface area contributed by atoms with E-state index in [0.717, 1.165) is 5.69 Å². The Morgan fingerprint density at radius 1 is 1.04 bits per heavy atom. The molecule has 0 spiro atoms. The molecule has 0 radical (unpaired) electrons. The average Bonchev–Trinajstić information content (AvgIpc) is 2.99. The summed E-state index contributed by atoms with van der Waals surface area (Å²) < 4.78 is 4.08. The Morgan fingerprint density at radius 2 is 1.70 bits per heavy atom. The number of nitrogens with zero attached hydrogens (tertiary/aromatic N) is 4. The Labute approximate surface area is 152 Å². The second kappa shape index (κ2) is 9.85. The Morgan fingerprint density at radius 3 is 2.26 bits per heavy atom. The molecule has 23 heavy (non-hydrogen) atoms. The van der Waals surface area contributed by atoms with Crippen LogP contribution in [0.15, 0.2) is 67.5 Å². The molecule has 4 nitrogen and oxygen atoms in total. The molecule has 0 bridgehead atoms. The second-order valence-electron chi connectivity index (χ2n) is 4.75. The van der Waals surface area contributed by atoms with Gasteiger partial charge in [0.15, 0.2) is 6.33 Å². The number of fused-ring (bicyclic) bond motifs is 1. The molecular formula is C18H20N4Pt-2. The van der Waals surface area contributed by atoms with Gasteiger partial charge in [0, 0.05) is 33.8 Å². The maximum absolute atomic E-state index is 3.65. The van der Waals surface area contributed by atoms with E-state index in [9.17, 15) is 0 Å². The zero-order chi connectivity index (χ0) is 15.8. The quantitative estimate of drug-likeness (QED) is 0.488. The van der Waals surface area contributed by atoms with E-state index in [1.807, 2.05) is 42.5 Å². The third-order valence-corrected chi connectivity index (χ3v) is 3.08. The van der Waals surface area contributed by atoms with Gasteiger partial charge in [-0.05, 0) is 0 Å². The van der Waals surface area contributed by atoms with E-state index in [4.69, 9.17) is 0 Å². The first kappa shape index (κ1) is 19.0. The van der Waals surface area contributed by atoms with Gasteiger partial charge in [-0.15, -0.1) is 37.0 Å². The first-order valence-corrected chi connectivity index (χ1v) is 7.01. The molecule has 124 valence electrons. The molecule has 3 aromatic rings. The Hall–Kier alpha value is -2.06. The van der Waals surface area contributed by atoms with E-state index in [1.54, 1.807) is 26.5 Å². The third-order valence-electron chi connectivity index (χ3n) is 3.08. The van der Waals surface area contributed by atoms with Crippen LogP contribution in [0.5, 0.6) is 0 Å². The SMILES string of the molecule is C[N-]/C=C\[N-]C.Cn1ccn(-c2[c-]cc3ccccc3c2)[cH+]1.[Pt]. The largest absolute Gasteiger partial charge is 0.695 e. The molecule has 0 amide bonds. The van der Waals surface area contributed by atoms with E-state index >= 15 is 0 Å². The molecule has 0 saturated heterocycles. The second-order valence-corrected chi connectivity index (χ2v) is 4.75. The van der Waals surface area contributed by atoms with Crippen molar-refractivity contribution in [1.29, 1.82) is 0 Å². The third kappa shape index (κ3) is 5.57. The van der Waals surface area contributed by atoms with Crippen LogP contribution in [-0.4, -0.2) is 23.2 Å². The van der Waals surface area contributed by atoms with E-state index < -0.39 is 0 Å². The summed E-state index contributed by atoms with van der Waals surface area (Å²) >= 11 is 0. The van der Waals surface area contributed by atoms with E-state index in [0.29, 0.717) is 0 Å². The van der Waals surface area contributed by atoms with Gasteiger partial charge in [-0.2, -0.15) is 6.07 Å². The maximum atomic E-state index is 3.65. The van der Waals surface area contributed by atoms with Gasteiger partial charge in [-0.1, -0.05) is 24.3 Å². The minimum atomic E-state index is 0. The predicted octanol–water partition coefficient (Wildman–Crippen LogP) is 4.51. The number of aromatic nitrogens is 2. The fraction of sp³-hybridized carbons (Fsp3) is 0.167. The maximum Gasteiger partial charge on any atom is 0.163 e. The zero-order valence-corrected chi connectivity index (χ0v) is 15.7. The summed E-state index contributed by atoms with van der Waals surface area (Å²) in [7, 11) is 5.43. The van der Waals surface area contributed by atoms with E-state index in [2.05, 4.69) is 45.5 Å². The summed E-state index contributed by atoms with van der Waals surface area (Å²) in [5.74, 6) is 0. The smallest absolute Gasteiger partial charge is 0.163 e. The number of aryl methyl sites for hydroxylation is 1. The Kier molecular flexibility index (Phi) is 8.13. The van der Waals surface area contributed by atoms with E-state index in [1.165, 1.54) is 10.8 Å². The van der Waals surface area contributed by atoms with Crippen LogP contribution in [-0.2, 0) is 28.1 Å². The van der Waals surface area contributed by atoms with Crippen molar-refractivity contribution in [2.24, 2.45) is 7.05 Å². The van der Waals surface area contributed by atoms with Crippen molar-refractivity contribution in [1.82, 2.24) is 9.13 Å². The molecule has 1 heterocycles. The predicted molar refractivity (Wildman–Crippen MR) is 93.2 cm³/mol. The van der Waals surface area contributed by atoms with Crippen molar-refractivity contribution in [3.05, 3.63) is 84.2 Å². The summed E-state index contributed by atoms with van der Waals surface area (Å²) in [6.07, 6.45) is 9.35. The van der Waals surface area contributed by atoms with E-state index in [-0.39, 0.29) is 21.1 Å². The average molecular weight is 487 g/mol. The van der Waals surface area contributed by atoms with Gasteiger partial charge < -0.3 is 10.6 Å². The van der Waals surface area contributed by atoms with Crippen LogP contribution in [0.1, 0.15) is 0 Å². The Balaban J connectivity index is 0.000000330. The van der Waals surface area contributed by atoms with Gasteiger partial charge in [-0.25, -0.2) is 17.0 Å². The van der Waals surface area contributed by atoms with Gasteiger partial charge in [-0.3, -0.25) is 4.57 Å². The van der Waals surface area contributed by atoms with Gasteiger partial charge in [0.2, 0.25) is 0 Å². The molecule has 3 rings (SSSR count). The van der Waals surface area contributed by atoms with Crippen LogP contribution in [0, 0.1) is 6.07 Å². The van der Waals surface area contributed by atoms with Crippen molar-refractivity contribution >= 4 is 10.8 Å².